The van der Waals surface area contributed by atoms with Gasteiger partial charge in [-0.1, -0.05) is 0 Å². The Kier molecular flexibility index (Phi) is 3.76. The minimum Gasteiger partial charge on any atom is -0.393 e. The lowest BCUT2D eigenvalue weighted by molar-refractivity contribution is -0.186. The maximum absolute atomic E-state index is 11.1. The fraction of sp³-hybridized carbons (Fsp3) is 1.00. The van der Waals surface area contributed by atoms with Crippen LogP contribution in [0.2, 0.25) is 0 Å². The molecule has 2 saturated carbocycles. The molecule has 5 heteroatoms. The van der Waals surface area contributed by atoms with E-state index < -0.39 is 34.9 Å². The number of aliphatic hydroxyl groups is 5. The SMILES string of the molecule is CC(O)(CO)[C@@H]1CC[C@@](C)(O)[C@@H]2CC[C@@](C)(O)[C@]2(O)C1. The first kappa shape index (κ1) is 16.2. The first-order chi connectivity index (χ1) is 8.96. The molecule has 6 atom stereocenters. The molecule has 1 unspecified atom stereocenters. The quantitative estimate of drug-likeness (QED) is 0.499. The summed E-state index contributed by atoms with van der Waals surface area (Å²) in [4.78, 5) is 0. The number of hydrogen-bond donors (Lipinski definition) is 5. The largest absolute Gasteiger partial charge is 0.393 e. The van der Waals surface area contributed by atoms with E-state index in [1.807, 2.05) is 0 Å². The van der Waals surface area contributed by atoms with E-state index in [0.717, 1.165) is 0 Å². The van der Waals surface area contributed by atoms with Crippen molar-refractivity contribution < 1.29 is 25.5 Å². The molecule has 0 bridgehead atoms. The normalized spacial score (nSPS) is 52.2. The highest BCUT2D eigenvalue weighted by Crippen LogP contribution is 2.55. The zero-order chi connectivity index (χ0) is 15.4. The third kappa shape index (κ3) is 2.29. The highest BCUT2D eigenvalue weighted by atomic mass is 16.4. The second-order valence-corrected chi connectivity index (χ2v) is 7.60. The van der Waals surface area contributed by atoms with E-state index >= 15 is 0 Å². The predicted octanol–water partition coefficient (Wildman–Crippen LogP) is 0.173. The molecule has 0 saturated heterocycles. The molecule has 2 rings (SSSR count). The van der Waals surface area contributed by atoms with Crippen LogP contribution in [0.1, 0.15) is 52.9 Å². The van der Waals surface area contributed by atoms with E-state index in [1.54, 1.807) is 20.8 Å². The van der Waals surface area contributed by atoms with Gasteiger partial charge >= 0.3 is 0 Å². The summed E-state index contributed by atoms with van der Waals surface area (Å²) < 4.78 is 0. The molecule has 0 amide bonds. The van der Waals surface area contributed by atoms with Gasteiger partial charge in [-0.3, -0.25) is 0 Å². The van der Waals surface area contributed by atoms with Crippen LogP contribution in [-0.2, 0) is 0 Å². The van der Waals surface area contributed by atoms with Gasteiger partial charge < -0.3 is 25.5 Å². The molecule has 0 heterocycles. The summed E-state index contributed by atoms with van der Waals surface area (Å²) in [5.41, 5.74) is -5.11. The van der Waals surface area contributed by atoms with Crippen molar-refractivity contribution in [3.8, 4) is 0 Å². The Hall–Kier alpha value is -0.200. The van der Waals surface area contributed by atoms with Gasteiger partial charge in [0.15, 0.2) is 0 Å². The summed E-state index contributed by atoms with van der Waals surface area (Å²) in [6.07, 6.45) is 2.13. The molecule has 2 aliphatic rings. The van der Waals surface area contributed by atoms with E-state index in [1.165, 1.54) is 0 Å². The molecule has 5 nitrogen and oxygen atoms in total. The molecule has 118 valence electrons. The average Bonchev–Trinajstić information content (AvgIpc) is 2.49. The highest BCUT2D eigenvalue weighted by Gasteiger charge is 2.63. The van der Waals surface area contributed by atoms with E-state index in [0.29, 0.717) is 25.7 Å². The summed E-state index contributed by atoms with van der Waals surface area (Å²) in [6.45, 7) is 4.43. The summed E-state index contributed by atoms with van der Waals surface area (Å²) in [5, 5.41) is 52.0. The Balaban J connectivity index is 2.40. The van der Waals surface area contributed by atoms with Gasteiger partial charge in [-0.15, -0.1) is 0 Å². The number of rotatable bonds is 2. The molecular formula is C15H28O5. The van der Waals surface area contributed by atoms with E-state index in [2.05, 4.69) is 0 Å². The Morgan fingerprint density at radius 3 is 2.25 bits per heavy atom. The molecule has 0 aliphatic heterocycles. The molecule has 0 aromatic rings. The Bertz CT molecular complexity index is 376. The van der Waals surface area contributed by atoms with E-state index in [-0.39, 0.29) is 12.3 Å². The van der Waals surface area contributed by atoms with E-state index in [4.69, 9.17) is 0 Å². The predicted molar refractivity (Wildman–Crippen MR) is 74.0 cm³/mol. The summed E-state index contributed by atoms with van der Waals surface area (Å²) in [6, 6.07) is 0. The number of hydrogen-bond acceptors (Lipinski definition) is 5. The van der Waals surface area contributed by atoms with Gasteiger partial charge in [0.05, 0.1) is 29.0 Å². The van der Waals surface area contributed by atoms with Crippen LogP contribution in [0, 0.1) is 11.8 Å². The zero-order valence-electron chi connectivity index (χ0n) is 12.6. The van der Waals surface area contributed by atoms with Crippen molar-refractivity contribution in [2.24, 2.45) is 11.8 Å². The summed E-state index contributed by atoms with van der Waals surface area (Å²) in [7, 11) is 0. The molecule has 2 aliphatic carbocycles. The van der Waals surface area contributed by atoms with Gasteiger partial charge in [0.1, 0.15) is 0 Å². The van der Waals surface area contributed by atoms with Crippen LogP contribution < -0.4 is 0 Å². The second-order valence-electron chi connectivity index (χ2n) is 7.60. The van der Waals surface area contributed by atoms with Crippen molar-refractivity contribution in [3.63, 3.8) is 0 Å². The summed E-state index contributed by atoms with van der Waals surface area (Å²) >= 11 is 0. The van der Waals surface area contributed by atoms with Crippen molar-refractivity contribution in [1.82, 2.24) is 0 Å². The lowest BCUT2D eigenvalue weighted by atomic mass is 9.70. The van der Waals surface area contributed by atoms with Crippen molar-refractivity contribution >= 4 is 0 Å². The van der Waals surface area contributed by atoms with Crippen molar-refractivity contribution in [2.75, 3.05) is 6.61 Å². The lowest BCUT2D eigenvalue weighted by Crippen LogP contribution is -2.57. The molecule has 2 fully saturated rings. The molecule has 20 heavy (non-hydrogen) atoms. The maximum atomic E-state index is 11.1. The van der Waals surface area contributed by atoms with Gasteiger partial charge in [0.25, 0.3) is 0 Å². The Morgan fingerprint density at radius 1 is 1.10 bits per heavy atom. The Labute approximate surface area is 120 Å². The second kappa shape index (κ2) is 4.65. The topological polar surface area (TPSA) is 101 Å². The first-order valence-electron chi connectivity index (χ1n) is 7.47. The van der Waals surface area contributed by atoms with E-state index in [9.17, 15) is 25.5 Å². The van der Waals surface area contributed by atoms with Crippen LogP contribution in [0.4, 0.5) is 0 Å². The smallest absolute Gasteiger partial charge is 0.0989 e. The van der Waals surface area contributed by atoms with Crippen LogP contribution in [0.5, 0.6) is 0 Å². The number of fused-ring (bicyclic) bond motifs is 1. The van der Waals surface area contributed by atoms with Crippen LogP contribution >= 0.6 is 0 Å². The standard InChI is InChI=1S/C15H28O5/c1-12(17)6-4-10(13(2,18)9-16)8-15(20)11(12)5-7-14(15,3)19/h10-11,16-20H,4-9H2,1-3H3/t10-,11+,12-,13?,14-,15+/m1/s1. The van der Waals surface area contributed by atoms with Gasteiger partial charge in [-0.2, -0.15) is 0 Å². The lowest BCUT2D eigenvalue weighted by Gasteiger charge is -2.44. The third-order valence-corrected chi connectivity index (χ3v) is 5.94. The molecule has 0 aromatic carbocycles. The van der Waals surface area contributed by atoms with Gasteiger partial charge in [0, 0.05) is 5.92 Å². The molecule has 0 aromatic heterocycles. The minimum atomic E-state index is -1.43. The van der Waals surface area contributed by atoms with Crippen LogP contribution in [0.15, 0.2) is 0 Å². The van der Waals surface area contributed by atoms with Crippen molar-refractivity contribution in [3.05, 3.63) is 0 Å². The molecular weight excluding hydrogens is 260 g/mol. The van der Waals surface area contributed by atoms with Crippen molar-refractivity contribution in [2.45, 2.75) is 75.3 Å². The Morgan fingerprint density at radius 2 is 1.70 bits per heavy atom. The number of aliphatic hydroxyl groups excluding tert-OH is 1. The molecule has 0 spiro atoms. The monoisotopic (exact) mass is 288 g/mol. The highest BCUT2D eigenvalue weighted by molar-refractivity contribution is 5.15. The van der Waals surface area contributed by atoms with Gasteiger partial charge in [-0.05, 0) is 58.8 Å². The first-order valence-corrected chi connectivity index (χ1v) is 7.47. The fourth-order valence-corrected chi connectivity index (χ4v) is 4.22. The summed E-state index contributed by atoms with van der Waals surface area (Å²) in [5.74, 6) is -0.775. The van der Waals surface area contributed by atoms with Crippen LogP contribution in [-0.4, -0.2) is 54.5 Å². The molecule has 5 N–H and O–H groups in total. The van der Waals surface area contributed by atoms with Gasteiger partial charge in [-0.25, -0.2) is 0 Å². The van der Waals surface area contributed by atoms with Gasteiger partial charge in [0.2, 0.25) is 0 Å². The van der Waals surface area contributed by atoms with Crippen LogP contribution in [0.3, 0.4) is 0 Å². The van der Waals surface area contributed by atoms with Crippen LogP contribution in [0.25, 0.3) is 0 Å². The fourth-order valence-electron chi connectivity index (χ4n) is 4.22. The van der Waals surface area contributed by atoms with Crippen molar-refractivity contribution in [1.29, 1.82) is 0 Å². The molecule has 0 radical (unpaired) electrons. The third-order valence-electron chi connectivity index (χ3n) is 5.94. The zero-order valence-corrected chi connectivity index (χ0v) is 12.6. The minimum absolute atomic E-state index is 0.189. The maximum Gasteiger partial charge on any atom is 0.0989 e. The average molecular weight is 288 g/mol.